The Bertz CT molecular complexity index is 946. The zero-order chi connectivity index (χ0) is 22.7. The third kappa shape index (κ3) is 5.39. The Morgan fingerprint density at radius 1 is 1.22 bits per heavy atom. The standard InChI is InChI=1S/C22H28ClN5O4/c1-22(16-27-14-19(28(30)31)24-21(27)32-22)15-25-10-12-26(13-11-25)20(29)5-3-2-4-17-6-8-18(23)9-7-17/h6-9,14H,2-5,10-13,15-16H2,1H3/t22-/m0/s1. The molecule has 2 aliphatic rings. The maximum atomic E-state index is 12.6. The van der Waals surface area contributed by atoms with Crippen LogP contribution in [0.5, 0.6) is 6.01 Å². The number of hydrogen-bond donors (Lipinski definition) is 0. The average molecular weight is 462 g/mol. The minimum Gasteiger partial charge on any atom is -0.436 e. The lowest BCUT2D eigenvalue weighted by Gasteiger charge is -2.38. The van der Waals surface area contributed by atoms with Crippen LogP contribution >= 0.6 is 11.6 Å². The van der Waals surface area contributed by atoms with Gasteiger partial charge in [0.1, 0.15) is 11.8 Å². The minimum atomic E-state index is -0.514. The first-order chi connectivity index (χ1) is 15.3. The molecule has 0 spiro atoms. The maximum Gasteiger partial charge on any atom is 0.415 e. The van der Waals surface area contributed by atoms with Crippen LogP contribution in [-0.4, -0.2) is 68.5 Å². The van der Waals surface area contributed by atoms with Crippen LogP contribution in [0.15, 0.2) is 30.5 Å². The van der Waals surface area contributed by atoms with Gasteiger partial charge in [-0.2, -0.15) is 0 Å². The number of nitrogens with zero attached hydrogens (tertiary/aromatic N) is 5. The van der Waals surface area contributed by atoms with Crippen molar-refractivity contribution < 1.29 is 14.5 Å². The largest absolute Gasteiger partial charge is 0.436 e. The number of benzene rings is 1. The van der Waals surface area contributed by atoms with Crippen molar-refractivity contribution in [3.8, 4) is 6.01 Å². The van der Waals surface area contributed by atoms with E-state index < -0.39 is 10.5 Å². The average Bonchev–Trinajstić information content (AvgIpc) is 3.28. The van der Waals surface area contributed by atoms with Crippen LogP contribution in [0.4, 0.5) is 5.82 Å². The number of aryl methyl sites for hydroxylation is 1. The molecule has 9 nitrogen and oxygen atoms in total. The fraction of sp³-hybridized carbons (Fsp3) is 0.545. The number of carbonyl (C=O) groups excluding carboxylic acids is 1. The van der Waals surface area contributed by atoms with Crippen LogP contribution in [0.3, 0.4) is 0 Å². The summed E-state index contributed by atoms with van der Waals surface area (Å²) < 4.78 is 7.62. The number of rotatable bonds is 8. The lowest BCUT2D eigenvalue weighted by molar-refractivity contribution is -0.389. The van der Waals surface area contributed by atoms with Crippen LogP contribution in [0.1, 0.15) is 31.7 Å². The van der Waals surface area contributed by atoms with Crippen LogP contribution in [-0.2, 0) is 17.8 Å². The van der Waals surface area contributed by atoms with Crippen molar-refractivity contribution >= 4 is 23.3 Å². The third-order valence-corrected chi connectivity index (χ3v) is 6.31. The highest BCUT2D eigenvalue weighted by Crippen LogP contribution is 2.31. The summed E-state index contributed by atoms with van der Waals surface area (Å²) in [6, 6.07) is 8.16. The van der Waals surface area contributed by atoms with Gasteiger partial charge >= 0.3 is 11.8 Å². The van der Waals surface area contributed by atoms with E-state index in [-0.39, 0.29) is 11.7 Å². The van der Waals surface area contributed by atoms with Crippen molar-refractivity contribution in [1.29, 1.82) is 0 Å². The first-order valence-electron chi connectivity index (χ1n) is 11.0. The number of carbonyl (C=O) groups is 1. The van der Waals surface area contributed by atoms with Crippen molar-refractivity contribution in [2.75, 3.05) is 32.7 Å². The number of fused-ring (bicyclic) bond motifs is 1. The van der Waals surface area contributed by atoms with Crippen LogP contribution in [0.2, 0.25) is 5.02 Å². The van der Waals surface area contributed by atoms with Gasteiger partial charge in [0, 0.05) is 49.2 Å². The number of piperazine rings is 1. The van der Waals surface area contributed by atoms with Crippen LogP contribution < -0.4 is 4.74 Å². The van der Waals surface area contributed by atoms with Crippen molar-refractivity contribution in [2.45, 2.75) is 44.8 Å². The molecule has 0 N–H and O–H groups in total. The number of unbranched alkanes of at least 4 members (excludes halogenated alkanes) is 1. The molecule has 0 bridgehead atoms. The highest BCUT2D eigenvalue weighted by atomic mass is 35.5. The number of hydrogen-bond acceptors (Lipinski definition) is 6. The summed E-state index contributed by atoms with van der Waals surface area (Å²) >= 11 is 5.91. The van der Waals surface area contributed by atoms with E-state index in [2.05, 4.69) is 9.88 Å². The molecule has 0 aliphatic carbocycles. The molecule has 4 rings (SSSR count). The fourth-order valence-electron chi connectivity index (χ4n) is 4.41. The molecular weight excluding hydrogens is 434 g/mol. The minimum absolute atomic E-state index is 0.192. The predicted octanol–water partition coefficient (Wildman–Crippen LogP) is 3.15. The van der Waals surface area contributed by atoms with Crippen LogP contribution in [0.25, 0.3) is 0 Å². The molecule has 2 aromatic rings. The molecule has 1 saturated heterocycles. The fourth-order valence-corrected chi connectivity index (χ4v) is 4.53. The smallest absolute Gasteiger partial charge is 0.415 e. The first-order valence-corrected chi connectivity index (χ1v) is 11.3. The quantitative estimate of drug-likeness (QED) is 0.340. The van der Waals surface area contributed by atoms with Gasteiger partial charge in [0.2, 0.25) is 5.91 Å². The number of ether oxygens (including phenoxy) is 1. The van der Waals surface area contributed by atoms with Crippen molar-refractivity contribution in [3.05, 3.63) is 51.2 Å². The van der Waals surface area contributed by atoms with Crippen LogP contribution in [0, 0.1) is 10.1 Å². The molecule has 3 heterocycles. The van der Waals surface area contributed by atoms with Gasteiger partial charge in [0.15, 0.2) is 0 Å². The summed E-state index contributed by atoms with van der Waals surface area (Å²) in [7, 11) is 0. The lowest BCUT2D eigenvalue weighted by Crippen LogP contribution is -2.53. The molecule has 0 radical (unpaired) electrons. The molecule has 172 valence electrons. The van der Waals surface area contributed by atoms with E-state index in [9.17, 15) is 14.9 Å². The van der Waals surface area contributed by atoms with Gasteiger partial charge in [-0.25, -0.2) is 0 Å². The number of imidazole rings is 1. The highest BCUT2D eigenvalue weighted by Gasteiger charge is 2.41. The number of halogens is 1. The zero-order valence-corrected chi connectivity index (χ0v) is 19.0. The normalized spacial score (nSPS) is 20.8. The molecule has 1 aromatic heterocycles. The van der Waals surface area contributed by atoms with Gasteiger partial charge in [-0.05, 0) is 48.8 Å². The second-order valence-electron chi connectivity index (χ2n) is 8.81. The monoisotopic (exact) mass is 461 g/mol. The van der Waals surface area contributed by atoms with Crippen molar-refractivity contribution in [2.24, 2.45) is 0 Å². The summed E-state index contributed by atoms with van der Waals surface area (Å²) in [4.78, 5) is 31.1. The molecule has 0 saturated carbocycles. The van der Waals surface area contributed by atoms with E-state index in [1.807, 2.05) is 36.1 Å². The van der Waals surface area contributed by atoms with Gasteiger partial charge in [0.25, 0.3) is 0 Å². The van der Waals surface area contributed by atoms with Gasteiger partial charge in [-0.1, -0.05) is 23.7 Å². The number of amides is 1. The second kappa shape index (κ2) is 9.46. The summed E-state index contributed by atoms with van der Waals surface area (Å²) in [6.45, 7) is 6.20. The molecule has 0 unspecified atom stereocenters. The topological polar surface area (TPSA) is 93.7 Å². The highest BCUT2D eigenvalue weighted by molar-refractivity contribution is 6.30. The van der Waals surface area contributed by atoms with Gasteiger partial charge in [-0.15, -0.1) is 0 Å². The molecule has 1 fully saturated rings. The molecule has 1 atom stereocenters. The molecule has 2 aliphatic heterocycles. The van der Waals surface area contributed by atoms with E-state index in [1.54, 1.807) is 4.57 Å². The van der Waals surface area contributed by atoms with E-state index in [0.717, 1.165) is 37.4 Å². The Morgan fingerprint density at radius 2 is 1.94 bits per heavy atom. The van der Waals surface area contributed by atoms with Gasteiger partial charge < -0.3 is 19.8 Å². The second-order valence-corrected chi connectivity index (χ2v) is 9.25. The summed E-state index contributed by atoms with van der Waals surface area (Å²) in [5, 5.41) is 11.6. The van der Waals surface area contributed by atoms with Crippen molar-refractivity contribution in [1.82, 2.24) is 19.4 Å². The SMILES string of the molecule is C[C@]1(CN2CCN(C(=O)CCCCc3ccc(Cl)cc3)CC2)Cn2cc([N+](=O)[O-])nc2O1. The van der Waals surface area contributed by atoms with Crippen molar-refractivity contribution in [3.63, 3.8) is 0 Å². The Labute approximate surface area is 192 Å². The van der Waals surface area contributed by atoms with Gasteiger partial charge in [0.05, 0.1) is 6.54 Å². The molecule has 32 heavy (non-hydrogen) atoms. The Hall–Kier alpha value is -2.65. The molecule has 1 amide bonds. The molecule has 1 aromatic carbocycles. The predicted molar refractivity (Wildman–Crippen MR) is 120 cm³/mol. The van der Waals surface area contributed by atoms with Gasteiger partial charge in [-0.3, -0.25) is 14.3 Å². The summed E-state index contributed by atoms with van der Waals surface area (Å²) in [6.07, 6.45) is 4.82. The lowest BCUT2D eigenvalue weighted by atomic mass is 10.1. The Kier molecular flexibility index (Phi) is 6.66. The van der Waals surface area contributed by atoms with E-state index >= 15 is 0 Å². The summed E-state index contributed by atoms with van der Waals surface area (Å²) in [5.74, 6) is 0.0267. The number of nitro groups is 1. The van der Waals surface area contributed by atoms with E-state index in [1.165, 1.54) is 11.8 Å². The summed E-state index contributed by atoms with van der Waals surface area (Å²) in [5.41, 5.74) is 0.764. The molecule has 10 heteroatoms. The first kappa shape index (κ1) is 22.5. The van der Waals surface area contributed by atoms with E-state index in [0.29, 0.717) is 38.6 Å². The number of aromatic nitrogens is 2. The third-order valence-electron chi connectivity index (χ3n) is 6.06. The maximum absolute atomic E-state index is 12.6. The molecular formula is C22H28ClN5O4. The Balaban J connectivity index is 1.16. The Morgan fingerprint density at radius 3 is 2.59 bits per heavy atom. The zero-order valence-electron chi connectivity index (χ0n) is 18.2. The van der Waals surface area contributed by atoms with E-state index in [4.69, 9.17) is 16.3 Å².